The number of nitrogens with zero attached hydrogens (tertiary/aromatic N) is 4. The van der Waals surface area contributed by atoms with E-state index >= 15 is 0 Å². The number of carbonyl (C=O) groups is 1. The highest BCUT2D eigenvalue weighted by atomic mass is 16.6. The zero-order valence-electron chi connectivity index (χ0n) is 11.9. The Morgan fingerprint density at radius 2 is 2.25 bits per heavy atom. The molecule has 1 fully saturated rings. The summed E-state index contributed by atoms with van der Waals surface area (Å²) in [5.41, 5.74) is 0.325. The highest BCUT2D eigenvalue weighted by Crippen LogP contribution is 2.30. The fourth-order valence-electron chi connectivity index (χ4n) is 2.43. The molecule has 1 aliphatic rings. The molecule has 2 heterocycles. The monoisotopic (exact) mass is 281 g/mol. The minimum atomic E-state index is -0.444. The van der Waals surface area contributed by atoms with Gasteiger partial charge in [-0.25, -0.2) is 4.68 Å². The molecular weight excluding hydrogens is 262 g/mol. The van der Waals surface area contributed by atoms with E-state index in [9.17, 15) is 14.9 Å². The lowest BCUT2D eigenvalue weighted by Gasteiger charge is -2.14. The van der Waals surface area contributed by atoms with Gasteiger partial charge < -0.3 is 10.2 Å². The van der Waals surface area contributed by atoms with Gasteiger partial charge in [0.25, 0.3) is 0 Å². The number of nitro groups is 1. The first-order valence-corrected chi connectivity index (χ1v) is 6.69. The maximum absolute atomic E-state index is 11.9. The second-order valence-electron chi connectivity index (χ2n) is 5.01. The number of nitrogens with one attached hydrogen (secondary N) is 1. The predicted octanol–water partition coefficient (Wildman–Crippen LogP) is 1.15. The summed E-state index contributed by atoms with van der Waals surface area (Å²) in [6.45, 7) is 4.82. The number of amides is 1. The summed E-state index contributed by atoms with van der Waals surface area (Å²) >= 11 is 0. The summed E-state index contributed by atoms with van der Waals surface area (Å²) in [5, 5.41) is 18.4. The molecule has 20 heavy (non-hydrogen) atoms. The van der Waals surface area contributed by atoms with Crippen LogP contribution >= 0.6 is 0 Å². The zero-order chi connectivity index (χ0) is 14.9. The van der Waals surface area contributed by atoms with E-state index in [1.54, 1.807) is 23.6 Å². The van der Waals surface area contributed by atoms with Gasteiger partial charge in [0.05, 0.1) is 4.92 Å². The van der Waals surface area contributed by atoms with Crippen LogP contribution in [0, 0.1) is 17.0 Å². The third-order valence-corrected chi connectivity index (χ3v) is 3.45. The average Bonchev–Trinajstić information content (AvgIpc) is 2.85. The van der Waals surface area contributed by atoms with Crippen molar-refractivity contribution in [1.29, 1.82) is 0 Å². The molecule has 0 aliphatic carbocycles. The normalized spacial score (nSPS) is 18.6. The summed E-state index contributed by atoms with van der Waals surface area (Å²) in [7, 11) is 1.73. The van der Waals surface area contributed by atoms with E-state index in [0.29, 0.717) is 31.0 Å². The summed E-state index contributed by atoms with van der Waals surface area (Å²) in [5.74, 6) is 0.296. The smallest absolute Gasteiger partial charge is 0.333 e. The third kappa shape index (κ3) is 2.45. The maximum Gasteiger partial charge on any atom is 0.333 e. The topological polar surface area (TPSA) is 93.3 Å². The van der Waals surface area contributed by atoms with E-state index in [1.165, 1.54) is 0 Å². The maximum atomic E-state index is 11.9. The van der Waals surface area contributed by atoms with Gasteiger partial charge >= 0.3 is 5.69 Å². The van der Waals surface area contributed by atoms with E-state index in [-0.39, 0.29) is 11.6 Å². The molecule has 1 unspecified atom stereocenters. The van der Waals surface area contributed by atoms with Crippen LogP contribution < -0.4 is 5.32 Å². The Kier molecular flexibility index (Phi) is 3.91. The molecule has 110 valence electrons. The lowest BCUT2D eigenvalue weighted by Crippen LogP contribution is -2.32. The minimum Gasteiger partial charge on any atom is -0.353 e. The largest absolute Gasteiger partial charge is 0.353 e. The number of hydrogen-bond acceptors (Lipinski definition) is 5. The van der Waals surface area contributed by atoms with Crippen LogP contribution in [0.15, 0.2) is 0 Å². The van der Waals surface area contributed by atoms with E-state index < -0.39 is 11.0 Å². The first-order valence-electron chi connectivity index (χ1n) is 6.69. The van der Waals surface area contributed by atoms with Crippen molar-refractivity contribution >= 4 is 17.4 Å². The third-order valence-electron chi connectivity index (χ3n) is 3.45. The van der Waals surface area contributed by atoms with Gasteiger partial charge in [0, 0.05) is 20.1 Å². The summed E-state index contributed by atoms with van der Waals surface area (Å²) < 4.78 is 1.58. The van der Waals surface area contributed by atoms with Crippen molar-refractivity contribution in [1.82, 2.24) is 14.7 Å². The lowest BCUT2D eigenvalue weighted by atomic mass is 10.2. The van der Waals surface area contributed by atoms with Gasteiger partial charge in [0.2, 0.25) is 11.7 Å². The summed E-state index contributed by atoms with van der Waals surface area (Å²) in [6.07, 6.45) is 1.45. The molecule has 1 aromatic heterocycles. The molecule has 8 nitrogen and oxygen atoms in total. The van der Waals surface area contributed by atoms with Crippen LogP contribution in [0.2, 0.25) is 0 Å². The van der Waals surface area contributed by atoms with Crippen molar-refractivity contribution in [3.63, 3.8) is 0 Å². The van der Waals surface area contributed by atoms with Crippen LogP contribution in [0.1, 0.15) is 25.5 Å². The van der Waals surface area contributed by atoms with Crippen LogP contribution in [-0.4, -0.2) is 45.1 Å². The molecule has 0 aromatic carbocycles. The fourth-order valence-corrected chi connectivity index (χ4v) is 2.43. The van der Waals surface area contributed by atoms with Crippen LogP contribution in [0.5, 0.6) is 0 Å². The van der Waals surface area contributed by atoms with Gasteiger partial charge in [-0.2, -0.15) is 5.10 Å². The van der Waals surface area contributed by atoms with Crippen molar-refractivity contribution < 1.29 is 9.72 Å². The quantitative estimate of drug-likeness (QED) is 0.645. The van der Waals surface area contributed by atoms with Gasteiger partial charge in [-0.1, -0.05) is 6.92 Å². The average molecular weight is 281 g/mol. The highest BCUT2D eigenvalue weighted by Gasteiger charge is 2.33. The van der Waals surface area contributed by atoms with Gasteiger partial charge in [-0.05, 0) is 19.8 Å². The van der Waals surface area contributed by atoms with Crippen LogP contribution in [-0.2, 0) is 11.3 Å². The summed E-state index contributed by atoms with van der Waals surface area (Å²) in [6, 6.07) is -0.412. The number of carbonyl (C=O) groups excluding carboxylic acids is 1. The molecule has 1 atom stereocenters. The molecule has 1 amide bonds. The fraction of sp³-hybridized carbons (Fsp3) is 0.667. The van der Waals surface area contributed by atoms with Gasteiger partial charge in [-0.15, -0.1) is 0 Å². The van der Waals surface area contributed by atoms with Crippen molar-refractivity contribution in [3.05, 3.63) is 15.8 Å². The molecule has 1 saturated heterocycles. The Balaban J connectivity index is 2.33. The Hall–Kier alpha value is -2.12. The van der Waals surface area contributed by atoms with E-state index in [1.807, 2.05) is 6.92 Å². The standard InChI is InChI=1S/C12H19N5O3/c1-4-6-16-11(10(17(19)20)8(2)14-16)13-9-5-7-15(3)12(9)18/h9,13H,4-7H2,1-3H3. The molecule has 2 rings (SSSR count). The Morgan fingerprint density at radius 3 is 2.75 bits per heavy atom. The Morgan fingerprint density at radius 1 is 1.55 bits per heavy atom. The number of rotatable bonds is 5. The summed E-state index contributed by atoms with van der Waals surface area (Å²) in [4.78, 5) is 24.3. The van der Waals surface area contributed by atoms with Crippen LogP contribution in [0.25, 0.3) is 0 Å². The molecule has 8 heteroatoms. The SMILES string of the molecule is CCCn1nc(C)c([N+](=O)[O-])c1NC1CCN(C)C1=O. The first kappa shape index (κ1) is 14.3. The second kappa shape index (κ2) is 5.48. The second-order valence-corrected chi connectivity index (χ2v) is 5.01. The molecule has 0 saturated carbocycles. The molecule has 1 N–H and O–H groups in total. The van der Waals surface area contributed by atoms with E-state index in [0.717, 1.165) is 6.42 Å². The number of aryl methyl sites for hydroxylation is 2. The number of hydrogen-bond donors (Lipinski definition) is 1. The van der Waals surface area contributed by atoms with Crippen molar-refractivity contribution in [2.45, 2.75) is 39.3 Å². The predicted molar refractivity (Wildman–Crippen MR) is 73.6 cm³/mol. The van der Waals surface area contributed by atoms with Gasteiger partial charge in [0.1, 0.15) is 11.7 Å². The minimum absolute atomic E-state index is 0.0406. The zero-order valence-corrected chi connectivity index (χ0v) is 11.9. The van der Waals surface area contributed by atoms with Crippen molar-refractivity contribution in [3.8, 4) is 0 Å². The number of anilines is 1. The van der Waals surface area contributed by atoms with Crippen LogP contribution in [0.4, 0.5) is 11.5 Å². The number of likely N-dealkylation sites (tertiary alicyclic amines) is 1. The molecule has 0 bridgehead atoms. The lowest BCUT2D eigenvalue weighted by molar-refractivity contribution is -0.384. The molecular formula is C12H19N5O3. The molecule has 1 aliphatic heterocycles. The number of aromatic nitrogens is 2. The Labute approximate surface area is 116 Å². The molecule has 1 aromatic rings. The van der Waals surface area contributed by atoms with Crippen LogP contribution in [0.3, 0.4) is 0 Å². The van der Waals surface area contributed by atoms with E-state index in [2.05, 4.69) is 10.4 Å². The number of likely N-dealkylation sites (N-methyl/N-ethyl adjacent to an activating group) is 1. The first-order chi connectivity index (χ1) is 9.45. The van der Waals surface area contributed by atoms with Gasteiger partial charge in [-0.3, -0.25) is 14.9 Å². The van der Waals surface area contributed by atoms with E-state index in [4.69, 9.17) is 0 Å². The Bertz CT molecular complexity index is 539. The van der Waals surface area contributed by atoms with Crippen molar-refractivity contribution in [2.24, 2.45) is 0 Å². The van der Waals surface area contributed by atoms with Crippen molar-refractivity contribution in [2.75, 3.05) is 18.9 Å². The molecule has 0 spiro atoms. The van der Waals surface area contributed by atoms with Gasteiger partial charge in [0.15, 0.2) is 0 Å². The highest BCUT2D eigenvalue weighted by molar-refractivity contribution is 5.87. The molecule has 0 radical (unpaired) electrons.